The molecule has 0 radical (unpaired) electrons. The van der Waals surface area contributed by atoms with Crippen molar-refractivity contribution in [2.75, 3.05) is 13.1 Å². The summed E-state index contributed by atoms with van der Waals surface area (Å²) in [6.45, 7) is 6.13. The summed E-state index contributed by atoms with van der Waals surface area (Å²) < 4.78 is 39.0. The van der Waals surface area contributed by atoms with Crippen molar-refractivity contribution in [3.05, 3.63) is 71.3 Å². The first-order valence-corrected chi connectivity index (χ1v) is 11.5. The lowest BCUT2D eigenvalue weighted by atomic mass is 9.91. The molecule has 3 atom stereocenters. The van der Waals surface area contributed by atoms with Gasteiger partial charge >= 0.3 is 6.18 Å². The zero-order valence-corrected chi connectivity index (χ0v) is 18.7. The van der Waals surface area contributed by atoms with Crippen molar-refractivity contribution in [3.8, 4) is 0 Å². The fourth-order valence-electron chi connectivity index (χ4n) is 4.81. The molecule has 2 aromatic carbocycles. The zero-order chi connectivity index (χ0) is 22.9. The minimum Gasteiger partial charge on any atom is -0.332 e. The van der Waals surface area contributed by atoms with E-state index in [2.05, 4.69) is 36.1 Å². The van der Waals surface area contributed by atoms with E-state index in [0.29, 0.717) is 11.5 Å². The molecule has 0 bridgehead atoms. The molecule has 4 rings (SSSR count). The molecule has 3 unspecified atom stereocenters. The van der Waals surface area contributed by atoms with Crippen LogP contribution in [0.5, 0.6) is 0 Å². The first kappa shape index (κ1) is 22.8. The molecule has 1 heterocycles. The maximum Gasteiger partial charge on any atom is 0.395 e. The van der Waals surface area contributed by atoms with E-state index in [1.165, 1.54) is 17.7 Å². The molecule has 172 valence electrons. The summed E-state index contributed by atoms with van der Waals surface area (Å²) in [6.07, 6.45) is -1.36. The van der Waals surface area contributed by atoms with Gasteiger partial charge in [0.25, 0.3) is 5.91 Å². The average Bonchev–Trinajstić information content (AvgIpc) is 3.60. The van der Waals surface area contributed by atoms with E-state index in [9.17, 15) is 18.0 Å². The Morgan fingerprint density at radius 1 is 1.06 bits per heavy atom. The number of halogens is 3. The molecule has 2 aromatic rings. The summed E-state index contributed by atoms with van der Waals surface area (Å²) in [5.74, 6) is -1.26. The Balaban J connectivity index is 1.44. The molecule has 0 aromatic heterocycles. The van der Waals surface area contributed by atoms with Gasteiger partial charge in [-0.15, -0.1) is 0 Å². The molecule has 2 fully saturated rings. The molecule has 1 aliphatic carbocycles. The van der Waals surface area contributed by atoms with Crippen molar-refractivity contribution in [1.82, 2.24) is 9.80 Å². The van der Waals surface area contributed by atoms with Crippen LogP contribution in [0.4, 0.5) is 13.2 Å². The summed E-state index contributed by atoms with van der Waals surface area (Å²) in [7, 11) is 0. The fourth-order valence-corrected chi connectivity index (χ4v) is 4.81. The maximum absolute atomic E-state index is 13.4. The molecule has 3 nitrogen and oxygen atoms in total. The zero-order valence-electron chi connectivity index (χ0n) is 18.7. The van der Waals surface area contributed by atoms with Gasteiger partial charge in [-0.2, -0.15) is 13.2 Å². The second-order valence-corrected chi connectivity index (χ2v) is 9.38. The van der Waals surface area contributed by atoms with Gasteiger partial charge in [0.05, 0.1) is 5.92 Å². The molecular formula is C26H31F3N2O. The minimum atomic E-state index is -4.28. The van der Waals surface area contributed by atoms with Crippen LogP contribution in [-0.4, -0.2) is 47.1 Å². The normalized spacial score (nSPS) is 23.0. The monoisotopic (exact) mass is 444 g/mol. The molecule has 1 saturated heterocycles. The van der Waals surface area contributed by atoms with E-state index in [0.717, 1.165) is 45.8 Å². The van der Waals surface area contributed by atoms with Crippen LogP contribution < -0.4 is 0 Å². The number of hydrogen-bond donors (Lipinski definition) is 0. The van der Waals surface area contributed by atoms with Crippen LogP contribution >= 0.6 is 0 Å². The van der Waals surface area contributed by atoms with E-state index >= 15 is 0 Å². The Morgan fingerprint density at radius 3 is 2.28 bits per heavy atom. The standard InChI is InChI=1S/C26H31F3N2O/c1-18-16-30(17-20-6-4-3-5-7-20)15-14-24(18)31(23-12-13-23)25(32)22-10-8-21(9-11-22)19(2)26(27,28)29/h3-11,18-19,23-24H,12-17H2,1-2H3. The predicted octanol–water partition coefficient (Wildman–Crippen LogP) is 5.87. The van der Waals surface area contributed by atoms with Gasteiger partial charge < -0.3 is 4.90 Å². The van der Waals surface area contributed by atoms with Gasteiger partial charge in [0, 0.05) is 37.3 Å². The summed E-state index contributed by atoms with van der Waals surface area (Å²) in [5, 5.41) is 0. The smallest absolute Gasteiger partial charge is 0.332 e. The second kappa shape index (κ2) is 9.26. The number of hydrogen-bond acceptors (Lipinski definition) is 2. The molecule has 1 saturated carbocycles. The topological polar surface area (TPSA) is 23.6 Å². The third-order valence-corrected chi connectivity index (χ3v) is 6.87. The number of benzene rings is 2. The number of carbonyl (C=O) groups excluding carboxylic acids is 1. The highest BCUT2D eigenvalue weighted by atomic mass is 19.4. The molecular weight excluding hydrogens is 413 g/mol. The number of rotatable bonds is 6. The van der Waals surface area contributed by atoms with E-state index in [1.807, 2.05) is 11.0 Å². The SMILES string of the molecule is CC1CN(Cc2ccccc2)CCC1N(C(=O)c1ccc(C(C)C(F)(F)F)cc1)C1CC1. The number of alkyl halides is 3. The number of piperidine rings is 1. The van der Waals surface area contributed by atoms with Crippen molar-refractivity contribution >= 4 is 5.91 Å². The van der Waals surface area contributed by atoms with Crippen molar-refractivity contribution in [2.45, 2.75) is 63.8 Å². The van der Waals surface area contributed by atoms with Crippen molar-refractivity contribution in [2.24, 2.45) is 5.92 Å². The van der Waals surface area contributed by atoms with Crippen LogP contribution in [0.1, 0.15) is 60.5 Å². The highest BCUT2D eigenvalue weighted by Gasteiger charge is 2.42. The third-order valence-electron chi connectivity index (χ3n) is 6.87. The summed E-state index contributed by atoms with van der Waals surface area (Å²) in [5.41, 5.74) is 1.96. The lowest BCUT2D eigenvalue weighted by molar-refractivity contribution is -0.146. The second-order valence-electron chi connectivity index (χ2n) is 9.38. The lowest BCUT2D eigenvalue weighted by Crippen LogP contribution is -2.52. The van der Waals surface area contributed by atoms with E-state index < -0.39 is 12.1 Å². The summed E-state index contributed by atoms with van der Waals surface area (Å²) in [4.78, 5) is 17.9. The Kier molecular flexibility index (Phi) is 6.61. The molecule has 0 spiro atoms. The van der Waals surface area contributed by atoms with Crippen LogP contribution in [0, 0.1) is 5.92 Å². The van der Waals surface area contributed by atoms with Gasteiger partial charge in [0.15, 0.2) is 0 Å². The highest BCUT2D eigenvalue weighted by Crippen LogP contribution is 2.37. The van der Waals surface area contributed by atoms with Crippen LogP contribution in [0.3, 0.4) is 0 Å². The molecule has 6 heteroatoms. The van der Waals surface area contributed by atoms with Gasteiger partial charge in [-0.1, -0.05) is 49.4 Å². The average molecular weight is 445 g/mol. The number of nitrogens with zero attached hydrogens (tertiary/aromatic N) is 2. The van der Waals surface area contributed by atoms with E-state index in [4.69, 9.17) is 0 Å². The highest BCUT2D eigenvalue weighted by molar-refractivity contribution is 5.95. The largest absolute Gasteiger partial charge is 0.395 e. The molecule has 1 aliphatic heterocycles. The lowest BCUT2D eigenvalue weighted by Gasteiger charge is -2.43. The predicted molar refractivity (Wildman–Crippen MR) is 119 cm³/mol. The third kappa shape index (κ3) is 5.17. The Labute approximate surface area is 188 Å². The number of likely N-dealkylation sites (tertiary alicyclic amines) is 1. The van der Waals surface area contributed by atoms with Crippen LogP contribution in [0.15, 0.2) is 54.6 Å². The summed E-state index contributed by atoms with van der Waals surface area (Å²) >= 11 is 0. The minimum absolute atomic E-state index is 0.0490. The Morgan fingerprint density at radius 2 is 1.72 bits per heavy atom. The van der Waals surface area contributed by atoms with Gasteiger partial charge in [-0.25, -0.2) is 0 Å². The van der Waals surface area contributed by atoms with Crippen molar-refractivity contribution in [1.29, 1.82) is 0 Å². The van der Waals surface area contributed by atoms with Crippen LogP contribution in [-0.2, 0) is 6.54 Å². The Bertz CT molecular complexity index is 909. The molecule has 1 amide bonds. The first-order chi connectivity index (χ1) is 15.2. The summed E-state index contributed by atoms with van der Waals surface area (Å²) in [6, 6.07) is 16.8. The van der Waals surface area contributed by atoms with Gasteiger partial charge in [-0.05, 0) is 55.4 Å². The molecule has 0 N–H and O–H groups in total. The first-order valence-electron chi connectivity index (χ1n) is 11.5. The van der Waals surface area contributed by atoms with E-state index in [-0.39, 0.29) is 23.6 Å². The number of carbonyl (C=O) groups is 1. The van der Waals surface area contributed by atoms with E-state index in [1.54, 1.807) is 12.1 Å². The van der Waals surface area contributed by atoms with Gasteiger partial charge in [0.2, 0.25) is 0 Å². The quantitative estimate of drug-likeness (QED) is 0.557. The maximum atomic E-state index is 13.4. The van der Waals surface area contributed by atoms with Gasteiger partial charge in [0.1, 0.15) is 0 Å². The molecule has 2 aliphatic rings. The van der Waals surface area contributed by atoms with Crippen LogP contribution in [0.25, 0.3) is 0 Å². The Hall–Kier alpha value is -2.34. The number of amides is 1. The van der Waals surface area contributed by atoms with Gasteiger partial charge in [-0.3, -0.25) is 9.69 Å². The molecule has 32 heavy (non-hydrogen) atoms. The van der Waals surface area contributed by atoms with Crippen molar-refractivity contribution in [3.63, 3.8) is 0 Å². The van der Waals surface area contributed by atoms with Crippen LogP contribution in [0.2, 0.25) is 0 Å². The van der Waals surface area contributed by atoms with Crippen molar-refractivity contribution < 1.29 is 18.0 Å². The fraction of sp³-hybridized carbons (Fsp3) is 0.500.